The van der Waals surface area contributed by atoms with Gasteiger partial charge < -0.3 is 9.55 Å². The van der Waals surface area contributed by atoms with Crippen molar-refractivity contribution >= 4 is 0 Å². The van der Waals surface area contributed by atoms with Crippen LogP contribution in [0.4, 0.5) is 0 Å². The average molecular weight is 423 g/mol. The average Bonchev–Trinajstić information content (AvgIpc) is 2.74. The van der Waals surface area contributed by atoms with E-state index in [9.17, 15) is 9.59 Å². The first-order valence-corrected chi connectivity index (χ1v) is 12.0. The first-order chi connectivity index (χ1) is 15.2. The van der Waals surface area contributed by atoms with Gasteiger partial charge >= 0.3 is 0 Å². The fourth-order valence-corrected chi connectivity index (χ4v) is 5.85. The van der Waals surface area contributed by atoms with Crippen molar-refractivity contribution in [1.29, 1.82) is 0 Å². The van der Waals surface area contributed by atoms with E-state index in [1.807, 2.05) is 12.3 Å². The number of piperidine rings is 1. The van der Waals surface area contributed by atoms with Crippen molar-refractivity contribution in [2.75, 3.05) is 26.2 Å². The van der Waals surface area contributed by atoms with Gasteiger partial charge in [0.1, 0.15) is 0 Å². The van der Waals surface area contributed by atoms with E-state index in [1.54, 1.807) is 6.07 Å². The standard InChI is InChI=1S/C25H34N4O2/c30-24-9-6-19(13-26-24)14-28-15-20-12-22(18-28)23-8-7-21(25(31)29(23)16-20)17-27-10-4-2-1-3-5-11-27/h6-9,13,20,22H,1-5,10-12,14-18H2,(H,26,30)/t20-,22+/m0/s1. The lowest BCUT2D eigenvalue weighted by Gasteiger charge is -2.43. The van der Waals surface area contributed by atoms with Crippen molar-refractivity contribution in [3.05, 3.63) is 68.0 Å². The molecule has 2 aromatic rings. The quantitative estimate of drug-likeness (QED) is 0.823. The second-order valence-electron chi connectivity index (χ2n) is 9.80. The van der Waals surface area contributed by atoms with Gasteiger partial charge in [-0.05, 0) is 49.9 Å². The van der Waals surface area contributed by atoms with E-state index >= 15 is 0 Å². The smallest absolute Gasteiger partial charge is 0.255 e. The molecule has 3 aliphatic heterocycles. The van der Waals surface area contributed by atoms with Crippen LogP contribution in [-0.4, -0.2) is 45.5 Å². The van der Waals surface area contributed by atoms with E-state index in [-0.39, 0.29) is 11.1 Å². The Labute approximate surface area is 183 Å². The van der Waals surface area contributed by atoms with Gasteiger partial charge in [-0.1, -0.05) is 31.4 Å². The van der Waals surface area contributed by atoms with E-state index in [1.165, 1.54) is 44.2 Å². The SMILES string of the molecule is O=c1ccc(CN2C[C@@H]3C[C@H](C2)c2ccc(CN4CCCCCCC4)c(=O)n2C3)c[nH]1. The highest BCUT2D eigenvalue weighted by atomic mass is 16.1. The maximum Gasteiger partial charge on any atom is 0.255 e. The minimum absolute atomic E-state index is 0.0564. The third kappa shape index (κ3) is 4.70. The largest absolute Gasteiger partial charge is 0.329 e. The maximum absolute atomic E-state index is 13.4. The second kappa shape index (κ2) is 9.13. The molecule has 166 valence electrons. The molecular formula is C25H34N4O2. The first kappa shape index (κ1) is 20.7. The number of fused-ring (bicyclic) bond motifs is 4. The molecule has 6 heteroatoms. The molecule has 0 saturated carbocycles. The Morgan fingerprint density at radius 1 is 0.839 bits per heavy atom. The van der Waals surface area contributed by atoms with Crippen LogP contribution in [0.5, 0.6) is 0 Å². The molecule has 6 nitrogen and oxygen atoms in total. The molecule has 2 aromatic heterocycles. The molecule has 0 spiro atoms. The molecule has 2 bridgehead atoms. The van der Waals surface area contributed by atoms with Gasteiger partial charge in [-0.2, -0.15) is 0 Å². The predicted octanol–water partition coefficient (Wildman–Crippen LogP) is 2.92. The number of aromatic nitrogens is 2. The normalized spacial score (nSPS) is 24.9. The van der Waals surface area contributed by atoms with Gasteiger partial charge in [0.15, 0.2) is 0 Å². The van der Waals surface area contributed by atoms with Crippen LogP contribution in [-0.2, 0) is 19.6 Å². The van der Waals surface area contributed by atoms with Gasteiger partial charge in [0.25, 0.3) is 5.56 Å². The summed E-state index contributed by atoms with van der Waals surface area (Å²) in [7, 11) is 0. The highest BCUT2D eigenvalue weighted by Gasteiger charge is 2.35. The summed E-state index contributed by atoms with van der Waals surface area (Å²) in [6, 6.07) is 7.85. The number of aromatic amines is 1. The fraction of sp³-hybridized carbons (Fsp3) is 0.600. The van der Waals surface area contributed by atoms with Crippen LogP contribution in [0.15, 0.2) is 40.1 Å². The molecule has 5 rings (SSSR count). The maximum atomic E-state index is 13.4. The lowest BCUT2D eigenvalue weighted by atomic mass is 9.83. The zero-order chi connectivity index (χ0) is 21.2. The lowest BCUT2D eigenvalue weighted by molar-refractivity contribution is 0.114. The van der Waals surface area contributed by atoms with Gasteiger partial charge in [0, 0.05) is 62.2 Å². The minimum atomic E-state index is -0.0564. The molecular weight excluding hydrogens is 388 g/mol. The molecule has 0 aliphatic carbocycles. The highest BCUT2D eigenvalue weighted by Crippen LogP contribution is 2.35. The van der Waals surface area contributed by atoms with Crippen molar-refractivity contribution in [3.63, 3.8) is 0 Å². The molecule has 2 saturated heterocycles. The molecule has 0 amide bonds. The number of H-pyrrole nitrogens is 1. The van der Waals surface area contributed by atoms with Crippen LogP contribution < -0.4 is 11.1 Å². The number of hydrogen-bond donors (Lipinski definition) is 1. The summed E-state index contributed by atoms with van der Waals surface area (Å²) < 4.78 is 2.09. The molecule has 1 N–H and O–H groups in total. The lowest BCUT2D eigenvalue weighted by Crippen LogP contribution is -2.47. The van der Waals surface area contributed by atoms with Gasteiger partial charge in [0.05, 0.1) is 0 Å². The number of hydrogen-bond acceptors (Lipinski definition) is 4. The number of rotatable bonds is 4. The van der Waals surface area contributed by atoms with Crippen LogP contribution in [0.25, 0.3) is 0 Å². The Hall–Kier alpha value is -2.18. The van der Waals surface area contributed by atoms with Gasteiger partial charge in [0.2, 0.25) is 5.56 Å². The van der Waals surface area contributed by atoms with Crippen LogP contribution in [0, 0.1) is 5.92 Å². The topological polar surface area (TPSA) is 61.3 Å². The summed E-state index contributed by atoms with van der Waals surface area (Å²) in [5.74, 6) is 0.933. The van der Waals surface area contributed by atoms with Crippen molar-refractivity contribution in [1.82, 2.24) is 19.4 Å². The van der Waals surface area contributed by atoms with Crippen molar-refractivity contribution < 1.29 is 0 Å². The summed E-state index contributed by atoms with van der Waals surface area (Å²) in [5.41, 5.74) is 3.50. The number of nitrogens with zero attached hydrogens (tertiary/aromatic N) is 3. The van der Waals surface area contributed by atoms with E-state index in [0.717, 1.165) is 56.9 Å². The Bertz CT molecular complexity index is 998. The number of likely N-dealkylation sites (tertiary alicyclic amines) is 2. The van der Waals surface area contributed by atoms with Crippen molar-refractivity contribution in [2.24, 2.45) is 5.92 Å². The van der Waals surface area contributed by atoms with Gasteiger partial charge in [-0.15, -0.1) is 0 Å². The van der Waals surface area contributed by atoms with E-state index < -0.39 is 0 Å². The van der Waals surface area contributed by atoms with E-state index in [0.29, 0.717) is 11.8 Å². The molecule has 3 aliphatic rings. The molecule has 5 heterocycles. The van der Waals surface area contributed by atoms with Crippen molar-refractivity contribution in [3.8, 4) is 0 Å². The minimum Gasteiger partial charge on any atom is -0.329 e. The van der Waals surface area contributed by atoms with Crippen molar-refractivity contribution in [2.45, 2.75) is 64.1 Å². The van der Waals surface area contributed by atoms with Crippen LogP contribution in [0.2, 0.25) is 0 Å². The molecule has 2 atom stereocenters. The second-order valence-corrected chi connectivity index (χ2v) is 9.80. The molecule has 0 unspecified atom stereocenters. The third-order valence-corrected chi connectivity index (χ3v) is 7.36. The van der Waals surface area contributed by atoms with Gasteiger partial charge in [-0.3, -0.25) is 19.4 Å². The molecule has 0 radical (unpaired) electrons. The third-order valence-electron chi connectivity index (χ3n) is 7.36. The predicted molar refractivity (Wildman–Crippen MR) is 122 cm³/mol. The summed E-state index contributed by atoms with van der Waals surface area (Å²) in [6.45, 7) is 6.70. The number of nitrogens with one attached hydrogen (secondary N) is 1. The zero-order valence-electron chi connectivity index (χ0n) is 18.4. The van der Waals surface area contributed by atoms with Crippen LogP contribution >= 0.6 is 0 Å². The Kier molecular flexibility index (Phi) is 6.10. The summed E-state index contributed by atoms with van der Waals surface area (Å²) in [6.07, 6.45) is 9.49. The van der Waals surface area contributed by atoms with Gasteiger partial charge in [-0.25, -0.2) is 0 Å². The Morgan fingerprint density at radius 2 is 1.65 bits per heavy atom. The van der Waals surface area contributed by atoms with E-state index in [2.05, 4.69) is 31.5 Å². The molecule has 31 heavy (non-hydrogen) atoms. The summed E-state index contributed by atoms with van der Waals surface area (Å²) in [4.78, 5) is 32.4. The summed E-state index contributed by atoms with van der Waals surface area (Å²) in [5, 5.41) is 0. The van der Waals surface area contributed by atoms with Crippen LogP contribution in [0.1, 0.15) is 61.3 Å². The molecule has 2 fully saturated rings. The highest BCUT2D eigenvalue weighted by molar-refractivity contribution is 5.23. The van der Waals surface area contributed by atoms with E-state index in [4.69, 9.17) is 0 Å². The Morgan fingerprint density at radius 3 is 2.42 bits per heavy atom. The molecule has 0 aromatic carbocycles. The monoisotopic (exact) mass is 422 g/mol. The fourth-order valence-electron chi connectivity index (χ4n) is 5.85. The first-order valence-electron chi connectivity index (χ1n) is 12.0. The zero-order valence-corrected chi connectivity index (χ0v) is 18.4. The van der Waals surface area contributed by atoms with Crippen LogP contribution in [0.3, 0.4) is 0 Å². The summed E-state index contributed by atoms with van der Waals surface area (Å²) >= 11 is 0. The Balaban J connectivity index is 1.31. The number of pyridine rings is 2.